The number of allylic oxidation sites excluding steroid dienone is 1. The quantitative estimate of drug-likeness (QED) is 0.126. The van der Waals surface area contributed by atoms with Gasteiger partial charge in [-0.1, -0.05) is 30.7 Å². The van der Waals surface area contributed by atoms with Crippen molar-refractivity contribution in [3.63, 3.8) is 0 Å². The summed E-state index contributed by atoms with van der Waals surface area (Å²) in [5.41, 5.74) is 2.19. The first-order valence-electron chi connectivity index (χ1n) is 16.8. The van der Waals surface area contributed by atoms with Gasteiger partial charge in [-0.3, -0.25) is 9.69 Å². The molecule has 0 aromatic heterocycles. The van der Waals surface area contributed by atoms with Gasteiger partial charge in [0, 0.05) is 31.0 Å². The zero-order valence-corrected chi connectivity index (χ0v) is 26.5. The highest BCUT2D eigenvalue weighted by atomic mass is 16.7. The summed E-state index contributed by atoms with van der Waals surface area (Å²) in [7, 11) is 0. The van der Waals surface area contributed by atoms with Gasteiger partial charge in [0.25, 0.3) is 0 Å². The highest BCUT2D eigenvalue weighted by Crippen LogP contribution is 2.32. The lowest BCUT2D eigenvalue weighted by Gasteiger charge is -2.26. The number of ether oxygens (including phenoxy) is 5. The fraction of sp³-hybridized carbons (Fsp3) is 0.447. The maximum absolute atomic E-state index is 14.1. The average Bonchev–Trinajstić information content (AvgIpc) is 3.09. The van der Waals surface area contributed by atoms with Gasteiger partial charge in [0.15, 0.2) is 18.4 Å². The van der Waals surface area contributed by atoms with E-state index < -0.39 is 0 Å². The van der Waals surface area contributed by atoms with Crippen molar-refractivity contribution < 1.29 is 33.6 Å². The molecule has 3 aromatic carbocycles. The van der Waals surface area contributed by atoms with Crippen molar-refractivity contribution in [2.45, 2.75) is 70.4 Å². The minimum absolute atomic E-state index is 0.143. The first-order valence-corrected chi connectivity index (χ1v) is 16.8. The molecule has 6 rings (SSSR count). The molecular weight excluding hydrogens is 582 g/mol. The van der Waals surface area contributed by atoms with Crippen LogP contribution in [-0.2, 0) is 9.47 Å². The van der Waals surface area contributed by atoms with Crippen LogP contribution in [0, 0.1) is 0 Å². The van der Waals surface area contributed by atoms with Crippen LogP contribution < -0.4 is 14.2 Å². The molecule has 3 heterocycles. The summed E-state index contributed by atoms with van der Waals surface area (Å²) >= 11 is 0. The molecule has 1 N–H and O–H groups in total. The van der Waals surface area contributed by atoms with Gasteiger partial charge >= 0.3 is 0 Å². The number of phenolic OH excluding ortho intramolecular Hbond substituents is 1. The number of hydrogen-bond acceptors (Lipinski definition) is 8. The van der Waals surface area contributed by atoms with Gasteiger partial charge in [-0.25, -0.2) is 0 Å². The molecule has 0 spiro atoms. The Hall–Kier alpha value is -3.85. The van der Waals surface area contributed by atoms with Crippen LogP contribution in [0.25, 0.3) is 11.6 Å². The Labute approximate surface area is 271 Å². The Morgan fingerprint density at radius 1 is 0.761 bits per heavy atom. The first kappa shape index (κ1) is 32.1. The van der Waals surface area contributed by atoms with E-state index in [1.165, 1.54) is 25.3 Å². The van der Waals surface area contributed by atoms with Crippen molar-refractivity contribution in [2.24, 2.45) is 0 Å². The zero-order chi connectivity index (χ0) is 31.6. The SMILES string of the molecule is O=C(/C(=C/c1ccc(OCCN2CCCCC2)cc1)c1ccc(OC2CCCCO2)cc1)c1ccc(OC2CCCCO2)cc1O. The molecule has 2 unspecified atom stereocenters. The van der Waals surface area contributed by atoms with Crippen LogP contribution >= 0.6 is 0 Å². The molecule has 2 atom stereocenters. The molecule has 0 bridgehead atoms. The van der Waals surface area contributed by atoms with E-state index in [9.17, 15) is 9.90 Å². The third kappa shape index (κ3) is 8.90. The van der Waals surface area contributed by atoms with Crippen LogP contribution in [0.3, 0.4) is 0 Å². The highest BCUT2D eigenvalue weighted by molar-refractivity contribution is 6.33. The number of phenols is 1. The van der Waals surface area contributed by atoms with Crippen LogP contribution in [0.4, 0.5) is 0 Å². The zero-order valence-electron chi connectivity index (χ0n) is 26.5. The van der Waals surface area contributed by atoms with Gasteiger partial charge in [0.05, 0.1) is 18.8 Å². The largest absolute Gasteiger partial charge is 0.507 e. The molecule has 3 aliphatic rings. The number of ketones is 1. The van der Waals surface area contributed by atoms with Gasteiger partial charge in [0.2, 0.25) is 0 Å². The monoisotopic (exact) mass is 627 g/mol. The van der Waals surface area contributed by atoms with Gasteiger partial charge in [0.1, 0.15) is 29.6 Å². The van der Waals surface area contributed by atoms with Gasteiger partial charge in [-0.05, 0) is 105 Å². The van der Waals surface area contributed by atoms with Crippen LogP contribution in [-0.4, -0.2) is 67.8 Å². The lowest BCUT2D eigenvalue weighted by atomic mass is 9.94. The van der Waals surface area contributed by atoms with E-state index in [2.05, 4.69) is 4.90 Å². The van der Waals surface area contributed by atoms with Crippen LogP contribution in [0.5, 0.6) is 23.0 Å². The van der Waals surface area contributed by atoms with E-state index in [1.807, 2.05) is 54.6 Å². The summed E-state index contributed by atoms with van der Waals surface area (Å²) in [5, 5.41) is 11.0. The first-order chi connectivity index (χ1) is 22.6. The molecule has 3 aromatic rings. The number of carbonyl (C=O) groups is 1. The van der Waals surface area contributed by atoms with E-state index in [0.29, 0.717) is 42.5 Å². The number of nitrogens with zero attached hydrogens (tertiary/aromatic N) is 1. The molecule has 3 fully saturated rings. The van der Waals surface area contributed by atoms with Crippen molar-refractivity contribution in [1.29, 1.82) is 0 Å². The number of carbonyl (C=O) groups excluding carboxylic acids is 1. The summed E-state index contributed by atoms with van der Waals surface area (Å²) in [6, 6.07) is 20.0. The maximum atomic E-state index is 14.1. The third-order valence-electron chi connectivity index (χ3n) is 8.75. The van der Waals surface area contributed by atoms with Crippen LogP contribution in [0.15, 0.2) is 66.7 Å². The van der Waals surface area contributed by atoms with E-state index >= 15 is 0 Å². The summed E-state index contributed by atoms with van der Waals surface area (Å²) in [5.74, 6) is 1.50. The number of hydrogen-bond donors (Lipinski definition) is 1. The topological polar surface area (TPSA) is 86.7 Å². The number of Topliss-reactive ketones (excluding diaryl/α,β-unsaturated/α-hetero) is 1. The van der Waals surface area contributed by atoms with Gasteiger partial charge < -0.3 is 28.8 Å². The Morgan fingerprint density at radius 2 is 1.39 bits per heavy atom. The number of piperidine rings is 1. The predicted octanol–water partition coefficient (Wildman–Crippen LogP) is 7.49. The average molecular weight is 628 g/mol. The molecule has 244 valence electrons. The van der Waals surface area contributed by atoms with E-state index in [4.69, 9.17) is 23.7 Å². The third-order valence-corrected chi connectivity index (χ3v) is 8.75. The van der Waals surface area contributed by atoms with Crippen molar-refractivity contribution >= 4 is 17.4 Å². The second-order valence-corrected chi connectivity index (χ2v) is 12.2. The summed E-state index contributed by atoms with van der Waals surface area (Å²) in [6.45, 7) is 5.22. The minimum Gasteiger partial charge on any atom is -0.507 e. The maximum Gasteiger partial charge on any atom is 0.199 e. The predicted molar refractivity (Wildman–Crippen MR) is 177 cm³/mol. The molecule has 3 aliphatic heterocycles. The standard InChI is InChI=1S/C38H45NO7/c40-35-27-32(46-37-9-3-7-24-44-37)18-19-33(35)38(41)34(29-12-16-31(17-13-29)45-36-8-2-6-23-43-36)26-28-10-14-30(15-11-28)42-25-22-39-20-4-1-5-21-39/h10-19,26-27,36-37,40H,1-9,20-25H2/b34-26+. The second-order valence-electron chi connectivity index (χ2n) is 12.2. The number of aromatic hydroxyl groups is 1. The molecule has 8 heteroatoms. The summed E-state index contributed by atoms with van der Waals surface area (Å²) < 4.78 is 29.4. The lowest BCUT2D eigenvalue weighted by molar-refractivity contribution is -0.106. The Bertz CT molecular complexity index is 1430. The summed E-state index contributed by atoms with van der Waals surface area (Å²) in [4.78, 5) is 16.5. The Kier molecular flexibility index (Phi) is 11.3. The van der Waals surface area contributed by atoms with E-state index in [1.54, 1.807) is 12.1 Å². The van der Waals surface area contributed by atoms with Crippen molar-refractivity contribution in [2.75, 3.05) is 39.5 Å². The summed E-state index contributed by atoms with van der Waals surface area (Å²) in [6.07, 6.45) is 10.9. The van der Waals surface area contributed by atoms with E-state index in [0.717, 1.165) is 69.5 Å². The fourth-order valence-corrected chi connectivity index (χ4v) is 6.13. The second kappa shape index (κ2) is 16.1. The van der Waals surface area contributed by atoms with Crippen molar-refractivity contribution in [3.8, 4) is 23.0 Å². The van der Waals surface area contributed by atoms with Crippen LogP contribution in [0.1, 0.15) is 79.3 Å². The van der Waals surface area contributed by atoms with Gasteiger partial charge in [-0.15, -0.1) is 0 Å². The number of likely N-dealkylation sites (tertiary alicyclic amines) is 1. The number of benzene rings is 3. The minimum atomic E-state index is -0.346. The fourth-order valence-electron chi connectivity index (χ4n) is 6.13. The van der Waals surface area contributed by atoms with Crippen molar-refractivity contribution in [1.82, 2.24) is 4.90 Å². The molecular formula is C38H45NO7. The molecule has 0 radical (unpaired) electrons. The number of rotatable bonds is 12. The molecule has 46 heavy (non-hydrogen) atoms. The molecule has 0 amide bonds. The van der Waals surface area contributed by atoms with Gasteiger partial charge in [-0.2, -0.15) is 0 Å². The smallest absolute Gasteiger partial charge is 0.199 e. The molecule has 8 nitrogen and oxygen atoms in total. The normalized spacial score (nSPS) is 21.0. The molecule has 0 aliphatic carbocycles. The Morgan fingerprint density at radius 3 is 2.02 bits per heavy atom. The highest BCUT2D eigenvalue weighted by Gasteiger charge is 2.22. The Balaban J connectivity index is 1.20. The molecule has 3 saturated heterocycles. The van der Waals surface area contributed by atoms with Crippen molar-refractivity contribution in [3.05, 3.63) is 83.4 Å². The van der Waals surface area contributed by atoms with Crippen LogP contribution in [0.2, 0.25) is 0 Å². The van der Waals surface area contributed by atoms with E-state index in [-0.39, 0.29) is 29.7 Å². The lowest BCUT2D eigenvalue weighted by Crippen LogP contribution is -2.33. The molecule has 0 saturated carbocycles.